The largest absolute Gasteiger partial charge is 0.497 e. The zero-order valence-electron chi connectivity index (χ0n) is 13.5. The number of benzene rings is 1. The van der Waals surface area contributed by atoms with Gasteiger partial charge in [-0.3, -0.25) is 4.90 Å². The van der Waals surface area contributed by atoms with Crippen LogP contribution < -0.4 is 10.1 Å². The van der Waals surface area contributed by atoms with E-state index < -0.39 is 0 Å². The number of hydrogen-bond acceptors (Lipinski definition) is 3. The molecule has 1 aliphatic rings. The van der Waals surface area contributed by atoms with Crippen LogP contribution in [0, 0.1) is 5.92 Å². The Morgan fingerprint density at radius 1 is 1.43 bits per heavy atom. The summed E-state index contributed by atoms with van der Waals surface area (Å²) in [6.07, 6.45) is 1.24. The third-order valence-corrected chi connectivity index (χ3v) is 4.94. The second-order valence-corrected chi connectivity index (χ2v) is 7.32. The van der Waals surface area contributed by atoms with E-state index in [9.17, 15) is 0 Å². The van der Waals surface area contributed by atoms with E-state index in [4.69, 9.17) is 4.74 Å². The van der Waals surface area contributed by atoms with E-state index in [0.29, 0.717) is 12.1 Å². The number of ether oxygens (including phenoxy) is 1. The van der Waals surface area contributed by atoms with Gasteiger partial charge in [0.25, 0.3) is 0 Å². The number of piperazine rings is 1. The molecule has 1 heterocycles. The van der Waals surface area contributed by atoms with Gasteiger partial charge in [-0.15, -0.1) is 0 Å². The zero-order valence-corrected chi connectivity index (χ0v) is 15.1. The fourth-order valence-electron chi connectivity index (χ4n) is 2.96. The molecule has 0 amide bonds. The maximum atomic E-state index is 5.35. The summed E-state index contributed by atoms with van der Waals surface area (Å²) in [5, 5.41) is 3.68. The maximum absolute atomic E-state index is 5.35. The molecule has 0 aliphatic carbocycles. The Kier molecular flexibility index (Phi) is 6.08. The van der Waals surface area contributed by atoms with E-state index in [2.05, 4.69) is 59.1 Å². The van der Waals surface area contributed by atoms with Crippen LogP contribution in [0.3, 0.4) is 0 Å². The highest BCUT2D eigenvalue weighted by molar-refractivity contribution is 9.10. The van der Waals surface area contributed by atoms with Gasteiger partial charge in [0.1, 0.15) is 5.75 Å². The van der Waals surface area contributed by atoms with Crippen LogP contribution in [-0.2, 0) is 6.54 Å². The van der Waals surface area contributed by atoms with E-state index in [1.807, 2.05) is 6.07 Å². The molecular weight excluding hydrogens is 328 g/mol. The average molecular weight is 355 g/mol. The molecule has 1 fully saturated rings. The second-order valence-electron chi connectivity index (χ2n) is 6.47. The molecule has 2 unspecified atom stereocenters. The van der Waals surface area contributed by atoms with Crippen molar-refractivity contribution in [3.8, 4) is 5.75 Å². The molecule has 0 bridgehead atoms. The molecule has 0 radical (unpaired) electrons. The number of halogens is 1. The number of methoxy groups -OCH3 is 1. The van der Waals surface area contributed by atoms with Crippen molar-refractivity contribution in [3.63, 3.8) is 0 Å². The molecule has 0 saturated carbocycles. The molecule has 3 nitrogen and oxygen atoms in total. The lowest BCUT2D eigenvalue weighted by Crippen LogP contribution is -2.55. The van der Waals surface area contributed by atoms with Crippen molar-refractivity contribution in [1.82, 2.24) is 10.2 Å². The monoisotopic (exact) mass is 354 g/mol. The number of rotatable bonds is 5. The summed E-state index contributed by atoms with van der Waals surface area (Å²) >= 11 is 3.66. The van der Waals surface area contributed by atoms with Crippen molar-refractivity contribution in [2.24, 2.45) is 5.92 Å². The Morgan fingerprint density at radius 3 is 2.86 bits per heavy atom. The summed E-state index contributed by atoms with van der Waals surface area (Å²) in [6.45, 7) is 10.0. The predicted octanol–water partition coefficient (Wildman–Crippen LogP) is 3.67. The summed E-state index contributed by atoms with van der Waals surface area (Å²) in [7, 11) is 1.72. The van der Waals surface area contributed by atoms with Gasteiger partial charge in [0.05, 0.1) is 7.11 Å². The van der Waals surface area contributed by atoms with Crippen molar-refractivity contribution >= 4 is 15.9 Å². The van der Waals surface area contributed by atoms with Crippen molar-refractivity contribution in [2.75, 3.05) is 20.2 Å². The topological polar surface area (TPSA) is 24.5 Å². The smallest absolute Gasteiger partial charge is 0.119 e. The SMILES string of the molecule is COc1ccc(Br)c(CN2CC(CC(C)C)NCC2C)c1. The quantitative estimate of drug-likeness (QED) is 0.872. The lowest BCUT2D eigenvalue weighted by Gasteiger charge is -2.39. The average Bonchev–Trinajstić information content (AvgIpc) is 2.44. The molecule has 2 rings (SSSR count). The van der Waals surface area contributed by atoms with Crippen LogP contribution in [0.25, 0.3) is 0 Å². The van der Waals surface area contributed by atoms with E-state index in [1.165, 1.54) is 12.0 Å². The Labute approximate surface area is 137 Å². The molecule has 0 spiro atoms. The Hall–Kier alpha value is -0.580. The van der Waals surface area contributed by atoms with Crippen LogP contribution in [0.4, 0.5) is 0 Å². The molecule has 1 saturated heterocycles. The molecule has 1 N–H and O–H groups in total. The first-order chi connectivity index (χ1) is 9.99. The first kappa shape index (κ1) is 16.8. The van der Waals surface area contributed by atoms with Gasteiger partial charge in [-0.2, -0.15) is 0 Å². The number of nitrogens with zero attached hydrogens (tertiary/aromatic N) is 1. The standard InChI is InChI=1S/C17H27BrN2O/c1-12(2)7-15-11-20(13(3)9-19-15)10-14-8-16(21-4)5-6-17(14)18/h5-6,8,12-13,15,19H,7,9-11H2,1-4H3. The van der Waals surface area contributed by atoms with Crippen LogP contribution in [0.15, 0.2) is 22.7 Å². The summed E-state index contributed by atoms with van der Waals surface area (Å²) in [4.78, 5) is 2.57. The van der Waals surface area contributed by atoms with Crippen molar-refractivity contribution in [2.45, 2.75) is 45.8 Å². The predicted molar refractivity (Wildman–Crippen MR) is 91.8 cm³/mol. The minimum absolute atomic E-state index is 0.562. The molecule has 1 aromatic carbocycles. The highest BCUT2D eigenvalue weighted by atomic mass is 79.9. The normalized spacial score (nSPS) is 23.5. The van der Waals surface area contributed by atoms with Crippen molar-refractivity contribution in [3.05, 3.63) is 28.2 Å². The summed E-state index contributed by atoms with van der Waals surface area (Å²) < 4.78 is 6.51. The van der Waals surface area contributed by atoms with Crippen molar-refractivity contribution in [1.29, 1.82) is 0 Å². The van der Waals surface area contributed by atoms with Crippen LogP contribution in [0.1, 0.15) is 32.8 Å². The van der Waals surface area contributed by atoms with E-state index in [1.54, 1.807) is 7.11 Å². The Bertz CT molecular complexity index is 464. The van der Waals surface area contributed by atoms with Crippen LogP contribution >= 0.6 is 15.9 Å². The molecule has 118 valence electrons. The fourth-order valence-corrected chi connectivity index (χ4v) is 3.33. The summed E-state index contributed by atoms with van der Waals surface area (Å²) in [6, 6.07) is 7.37. The number of hydrogen-bond donors (Lipinski definition) is 1. The lowest BCUT2D eigenvalue weighted by atomic mass is 9.99. The summed E-state index contributed by atoms with van der Waals surface area (Å²) in [5.41, 5.74) is 1.30. The third-order valence-electron chi connectivity index (χ3n) is 4.16. The van der Waals surface area contributed by atoms with Crippen LogP contribution in [-0.4, -0.2) is 37.2 Å². The molecule has 2 atom stereocenters. The molecule has 0 aromatic heterocycles. The van der Waals surface area contributed by atoms with E-state index in [0.717, 1.165) is 35.8 Å². The zero-order chi connectivity index (χ0) is 15.4. The first-order valence-corrected chi connectivity index (χ1v) is 8.58. The third kappa shape index (κ3) is 4.70. The Morgan fingerprint density at radius 2 is 2.19 bits per heavy atom. The number of nitrogens with one attached hydrogen (secondary N) is 1. The van der Waals surface area contributed by atoms with Gasteiger partial charge in [-0.1, -0.05) is 29.8 Å². The highest BCUT2D eigenvalue weighted by Gasteiger charge is 2.25. The van der Waals surface area contributed by atoms with Gasteiger partial charge in [0.15, 0.2) is 0 Å². The van der Waals surface area contributed by atoms with E-state index in [-0.39, 0.29) is 0 Å². The van der Waals surface area contributed by atoms with Gasteiger partial charge < -0.3 is 10.1 Å². The van der Waals surface area contributed by atoms with Gasteiger partial charge in [-0.25, -0.2) is 0 Å². The lowest BCUT2D eigenvalue weighted by molar-refractivity contribution is 0.124. The van der Waals surface area contributed by atoms with Gasteiger partial charge in [-0.05, 0) is 43.0 Å². The van der Waals surface area contributed by atoms with Crippen molar-refractivity contribution < 1.29 is 4.74 Å². The van der Waals surface area contributed by atoms with Crippen LogP contribution in [0.2, 0.25) is 0 Å². The van der Waals surface area contributed by atoms with Crippen LogP contribution in [0.5, 0.6) is 5.75 Å². The van der Waals surface area contributed by atoms with Gasteiger partial charge in [0, 0.05) is 36.2 Å². The van der Waals surface area contributed by atoms with Gasteiger partial charge >= 0.3 is 0 Å². The molecular formula is C17H27BrN2O. The molecule has 1 aromatic rings. The molecule has 21 heavy (non-hydrogen) atoms. The minimum atomic E-state index is 0.562. The maximum Gasteiger partial charge on any atom is 0.119 e. The summed E-state index contributed by atoms with van der Waals surface area (Å²) in [5.74, 6) is 1.66. The Balaban J connectivity index is 2.06. The second kappa shape index (κ2) is 7.61. The van der Waals surface area contributed by atoms with E-state index >= 15 is 0 Å². The van der Waals surface area contributed by atoms with Gasteiger partial charge in [0.2, 0.25) is 0 Å². The minimum Gasteiger partial charge on any atom is -0.497 e. The molecule has 1 aliphatic heterocycles. The highest BCUT2D eigenvalue weighted by Crippen LogP contribution is 2.25. The first-order valence-electron chi connectivity index (χ1n) is 7.79. The molecule has 4 heteroatoms. The fraction of sp³-hybridized carbons (Fsp3) is 0.647.